The molecule has 2 amide bonds. The number of pyridine rings is 1. The van der Waals surface area contributed by atoms with Crippen molar-refractivity contribution >= 4 is 35.4 Å². The van der Waals surface area contributed by atoms with Crippen LogP contribution < -0.4 is 15.0 Å². The fourth-order valence-electron chi connectivity index (χ4n) is 2.91. The number of amides is 2. The molecule has 1 aliphatic rings. The highest BCUT2D eigenvalue weighted by molar-refractivity contribution is 6.31. The number of rotatable bonds is 5. The predicted molar refractivity (Wildman–Crippen MR) is 105 cm³/mol. The zero-order valence-electron chi connectivity index (χ0n) is 15.2. The second-order valence-corrected chi connectivity index (χ2v) is 6.69. The highest BCUT2D eigenvalue weighted by atomic mass is 35.5. The molecule has 3 rings (SSSR count). The van der Waals surface area contributed by atoms with Crippen molar-refractivity contribution < 1.29 is 14.3 Å². The molecular weight excluding hydrogens is 368 g/mol. The molecule has 142 valence electrons. The second-order valence-electron chi connectivity index (χ2n) is 6.29. The van der Waals surface area contributed by atoms with E-state index in [-0.39, 0.29) is 5.91 Å². The fraction of sp³-hybridized carbons (Fsp3) is 0.316. The van der Waals surface area contributed by atoms with E-state index < -0.39 is 0 Å². The summed E-state index contributed by atoms with van der Waals surface area (Å²) in [7, 11) is 1.53. The van der Waals surface area contributed by atoms with Crippen LogP contribution in [0.1, 0.15) is 15.9 Å². The van der Waals surface area contributed by atoms with Gasteiger partial charge in [-0.15, -0.1) is 0 Å². The molecule has 0 saturated carbocycles. The molecule has 0 bridgehead atoms. The maximum Gasteiger partial charge on any atom is 0.255 e. The van der Waals surface area contributed by atoms with Crippen molar-refractivity contribution in [2.24, 2.45) is 0 Å². The monoisotopic (exact) mass is 388 g/mol. The van der Waals surface area contributed by atoms with Crippen LogP contribution in [0.15, 0.2) is 30.5 Å². The summed E-state index contributed by atoms with van der Waals surface area (Å²) in [6, 6.07) is 6.87. The number of nitrogens with zero attached hydrogens (tertiary/aromatic N) is 3. The summed E-state index contributed by atoms with van der Waals surface area (Å²) in [4.78, 5) is 31.7. The van der Waals surface area contributed by atoms with E-state index in [1.54, 1.807) is 35.4 Å². The van der Waals surface area contributed by atoms with Crippen molar-refractivity contribution in [2.75, 3.05) is 43.5 Å². The molecule has 0 atom stereocenters. The molecule has 1 aromatic heterocycles. The Hall–Kier alpha value is -2.80. The SMILES string of the molecule is COc1cc(Cl)c(C)cc1NC(=O)c1ccnc(N2CCN(C=O)CC2)c1. The van der Waals surface area contributed by atoms with Gasteiger partial charge in [-0.25, -0.2) is 4.98 Å². The smallest absolute Gasteiger partial charge is 0.255 e. The molecule has 1 N–H and O–H groups in total. The topological polar surface area (TPSA) is 74.8 Å². The first kappa shape index (κ1) is 19.0. The molecular formula is C19H21ClN4O3. The van der Waals surface area contributed by atoms with E-state index in [0.29, 0.717) is 54.0 Å². The molecule has 0 unspecified atom stereocenters. The van der Waals surface area contributed by atoms with E-state index in [4.69, 9.17) is 16.3 Å². The number of methoxy groups -OCH3 is 1. The number of hydrogen-bond acceptors (Lipinski definition) is 5. The van der Waals surface area contributed by atoms with Crippen LogP contribution in [0.2, 0.25) is 5.02 Å². The lowest BCUT2D eigenvalue weighted by molar-refractivity contribution is -0.118. The molecule has 1 fully saturated rings. The quantitative estimate of drug-likeness (QED) is 0.797. The summed E-state index contributed by atoms with van der Waals surface area (Å²) in [5, 5.41) is 3.44. The number of hydrogen-bond donors (Lipinski definition) is 1. The Labute approximate surface area is 162 Å². The standard InChI is InChI=1S/C19H21ClN4O3/c1-13-9-16(17(27-2)11-15(13)20)22-19(26)14-3-4-21-18(10-14)24-7-5-23(12-25)6-8-24/h3-4,9-12H,5-8H2,1-2H3,(H,22,26). The number of piperazine rings is 1. The lowest BCUT2D eigenvalue weighted by Crippen LogP contribution is -2.46. The van der Waals surface area contributed by atoms with Gasteiger partial charge in [0, 0.05) is 49.0 Å². The van der Waals surface area contributed by atoms with Crippen molar-refractivity contribution in [1.29, 1.82) is 0 Å². The van der Waals surface area contributed by atoms with Gasteiger partial charge in [0.15, 0.2) is 0 Å². The molecule has 1 saturated heterocycles. The van der Waals surface area contributed by atoms with Gasteiger partial charge in [0.05, 0.1) is 12.8 Å². The Bertz CT molecular complexity index is 851. The maximum absolute atomic E-state index is 12.7. The minimum Gasteiger partial charge on any atom is -0.495 e. The summed E-state index contributed by atoms with van der Waals surface area (Å²) >= 11 is 6.11. The third kappa shape index (κ3) is 4.31. The number of halogens is 1. The zero-order chi connectivity index (χ0) is 19.4. The lowest BCUT2D eigenvalue weighted by atomic mass is 10.2. The Morgan fingerprint density at radius 1 is 1.26 bits per heavy atom. The van der Waals surface area contributed by atoms with Crippen molar-refractivity contribution in [3.05, 3.63) is 46.6 Å². The molecule has 0 spiro atoms. The average molecular weight is 389 g/mol. The Morgan fingerprint density at radius 2 is 2.00 bits per heavy atom. The van der Waals surface area contributed by atoms with Gasteiger partial charge in [0.2, 0.25) is 6.41 Å². The van der Waals surface area contributed by atoms with Gasteiger partial charge < -0.3 is 19.9 Å². The molecule has 27 heavy (non-hydrogen) atoms. The number of carbonyl (C=O) groups excluding carboxylic acids is 2. The van der Waals surface area contributed by atoms with Crippen molar-refractivity contribution in [3.63, 3.8) is 0 Å². The van der Waals surface area contributed by atoms with Crippen molar-refractivity contribution in [3.8, 4) is 5.75 Å². The van der Waals surface area contributed by atoms with Gasteiger partial charge in [-0.3, -0.25) is 9.59 Å². The molecule has 1 aromatic carbocycles. The number of anilines is 2. The molecule has 0 aliphatic carbocycles. The number of ether oxygens (including phenoxy) is 1. The third-order valence-electron chi connectivity index (χ3n) is 4.52. The average Bonchev–Trinajstić information content (AvgIpc) is 2.70. The number of carbonyl (C=O) groups is 2. The van der Waals surface area contributed by atoms with E-state index in [9.17, 15) is 9.59 Å². The first-order valence-electron chi connectivity index (χ1n) is 8.57. The van der Waals surface area contributed by atoms with Gasteiger partial charge in [-0.1, -0.05) is 11.6 Å². The summed E-state index contributed by atoms with van der Waals surface area (Å²) in [5.41, 5.74) is 1.89. The van der Waals surface area contributed by atoms with E-state index in [2.05, 4.69) is 15.2 Å². The Morgan fingerprint density at radius 3 is 2.67 bits per heavy atom. The van der Waals surface area contributed by atoms with E-state index in [1.165, 1.54) is 7.11 Å². The van der Waals surface area contributed by atoms with Crippen molar-refractivity contribution in [2.45, 2.75) is 6.92 Å². The molecule has 2 heterocycles. The predicted octanol–water partition coefficient (Wildman–Crippen LogP) is 2.58. The normalized spacial score (nSPS) is 14.0. The summed E-state index contributed by atoms with van der Waals surface area (Å²) < 4.78 is 5.30. The van der Waals surface area contributed by atoms with Gasteiger partial charge >= 0.3 is 0 Å². The van der Waals surface area contributed by atoms with Crippen LogP contribution in [0, 0.1) is 6.92 Å². The molecule has 7 nitrogen and oxygen atoms in total. The Kier molecular flexibility index (Phi) is 5.81. The minimum absolute atomic E-state index is 0.259. The maximum atomic E-state index is 12.7. The summed E-state index contributed by atoms with van der Waals surface area (Å²) in [6.45, 7) is 4.51. The van der Waals surface area contributed by atoms with E-state index in [0.717, 1.165) is 12.0 Å². The van der Waals surface area contributed by atoms with Crippen LogP contribution >= 0.6 is 11.6 Å². The molecule has 0 radical (unpaired) electrons. The number of aromatic nitrogens is 1. The minimum atomic E-state index is -0.259. The second kappa shape index (κ2) is 8.26. The van der Waals surface area contributed by atoms with Gasteiger partial charge in [0.25, 0.3) is 5.91 Å². The lowest BCUT2D eigenvalue weighted by Gasteiger charge is -2.33. The summed E-state index contributed by atoms with van der Waals surface area (Å²) in [5.74, 6) is 0.955. The Balaban J connectivity index is 1.76. The van der Waals surface area contributed by atoms with Crippen LogP contribution in [0.25, 0.3) is 0 Å². The highest BCUT2D eigenvalue weighted by Crippen LogP contribution is 2.31. The highest BCUT2D eigenvalue weighted by Gasteiger charge is 2.18. The van der Waals surface area contributed by atoms with E-state index >= 15 is 0 Å². The van der Waals surface area contributed by atoms with Crippen LogP contribution in [-0.2, 0) is 4.79 Å². The van der Waals surface area contributed by atoms with Crippen LogP contribution in [-0.4, -0.2) is 55.5 Å². The van der Waals surface area contributed by atoms with Crippen LogP contribution in [0.5, 0.6) is 5.75 Å². The number of benzene rings is 1. The number of aryl methyl sites for hydroxylation is 1. The third-order valence-corrected chi connectivity index (χ3v) is 4.93. The van der Waals surface area contributed by atoms with Gasteiger partial charge in [0.1, 0.15) is 11.6 Å². The molecule has 8 heteroatoms. The molecule has 1 aliphatic heterocycles. The first-order valence-corrected chi connectivity index (χ1v) is 8.95. The largest absolute Gasteiger partial charge is 0.495 e. The number of nitrogens with one attached hydrogen (secondary N) is 1. The zero-order valence-corrected chi connectivity index (χ0v) is 16.0. The van der Waals surface area contributed by atoms with Crippen LogP contribution in [0.3, 0.4) is 0 Å². The first-order chi connectivity index (χ1) is 13.0. The van der Waals surface area contributed by atoms with Crippen molar-refractivity contribution in [1.82, 2.24) is 9.88 Å². The van der Waals surface area contributed by atoms with Gasteiger partial charge in [-0.05, 0) is 30.7 Å². The van der Waals surface area contributed by atoms with Crippen LogP contribution in [0.4, 0.5) is 11.5 Å². The van der Waals surface area contributed by atoms with Gasteiger partial charge in [-0.2, -0.15) is 0 Å². The molecule has 2 aromatic rings. The summed E-state index contributed by atoms with van der Waals surface area (Å²) in [6.07, 6.45) is 2.47. The van der Waals surface area contributed by atoms with E-state index in [1.807, 2.05) is 6.92 Å². The fourth-order valence-corrected chi connectivity index (χ4v) is 3.07.